The summed E-state index contributed by atoms with van der Waals surface area (Å²) in [5.74, 6) is 2.41. The maximum Gasteiger partial charge on any atom is 0.231 e. The minimum absolute atomic E-state index is 0.0744. The summed E-state index contributed by atoms with van der Waals surface area (Å²) in [6, 6.07) is 7.53. The SMILES string of the molecule is Cc1nc(N2CCCC(C(=O)NCc3ccc(Cl)cc3)C2)c2c(C)c(C)oc2n1. The van der Waals surface area contributed by atoms with Crippen molar-refractivity contribution < 1.29 is 9.21 Å². The van der Waals surface area contributed by atoms with Gasteiger partial charge in [-0.1, -0.05) is 23.7 Å². The number of halogens is 1. The molecule has 0 bridgehead atoms. The molecule has 2 aromatic heterocycles. The van der Waals surface area contributed by atoms with E-state index in [4.69, 9.17) is 21.0 Å². The lowest BCUT2D eigenvalue weighted by Gasteiger charge is -2.33. The smallest absolute Gasteiger partial charge is 0.231 e. The predicted molar refractivity (Wildman–Crippen MR) is 114 cm³/mol. The number of hydrogen-bond donors (Lipinski definition) is 1. The van der Waals surface area contributed by atoms with E-state index >= 15 is 0 Å². The Morgan fingerprint density at radius 1 is 1.24 bits per heavy atom. The fourth-order valence-electron chi connectivity index (χ4n) is 3.88. The van der Waals surface area contributed by atoms with Gasteiger partial charge < -0.3 is 14.6 Å². The van der Waals surface area contributed by atoms with Gasteiger partial charge in [0.05, 0.1) is 11.3 Å². The molecule has 7 heteroatoms. The molecule has 1 unspecified atom stereocenters. The second-order valence-electron chi connectivity index (χ2n) is 7.69. The number of fused-ring (bicyclic) bond motifs is 1. The van der Waals surface area contributed by atoms with E-state index in [2.05, 4.69) is 15.2 Å². The first kappa shape index (κ1) is 19.7. The third-order valence-corrected chi connectivity index (χ3v) is 5.85. The Morgan fingerprint density at radius 3 is 2.76 bits per heavy atom. The van der Waals surface area contributed by atoms with Gasteiger partial charge in [0.25, 0.3) is 0 Å². The van der Waals surface area contributed by atoms with Crippen LogP contribution in [-0.2, 0) is 11.3 Å². The number of benzene rings is 1. The third-order valence-electron chi connectivity index (χ3n) is 5.59. The van der Waals surface area contributed by atoms with Gasteiger partial charge in [0.2, 0.25) is 11.6 Å². The molecule has 4 rings (SSSR count). The lowest BCUT2D eigenvalue weighted by atomic mass is 9.96. The summed E-state index contributed by atoms with van der Waals surface area (Å²) in [6.45, 7) is 7.86. The van der Waals surface area contributed by atoms with Crippen LogP contribution in [0.15, 0.2) is 28.7 Å². The van der Waals surface area contributed by atoms with Crippen LogP contribution in [0.2, 0.25) is 5.02 Å². The van der Waals surface area contributed by atoms with Crippen LogP contribution < -0.4 is 10.2 Å². The maximum absolute atomic E-state index is 12.8. The topological polar surface area (TPSA) is 71.3 Å². The van der Waals surface area contributed by atoms with E-state index in [1.165, 1.54) is 0 Å². The number of rotatable bonds is 4. The zero-order chi connectivity index (χ0) is 20.5. The molecule has 1 N–H and O–H groups in total. The Kier molecular flexibility index (Phi) is 5.46. The minimum Gasteiger partial charge on any atom is -0.443 e. The zero-order valence-electron chi connectivity index (χ0n) is 17.0. The van der Waals surface area contributed by atoms with Gasteiger partial charge in [0, 0.05) is 30.2 Å². The molecular formula is C22H25ClN4O2. The molecule has 0 spiro atoms. The zero-order valence-corrected chi connectivity index (χ0v) is 17.7. The fourth-order valence-corrected chi connectivity index (χ4v) is 4.01. The van der Waals surface area contributed by atoms with Crippen LogP contribution in [0.4, 0.5) is 5.82 Å². The first-order valence-electron chi connectivity index (χ1n) is 9.94. The average molecular weight is 413 g/mol. The highest BCUT2D eigenvalue weighted by atomic mass is 35.5. The second-order valence-corrected chi connectivity index (χ2v) is 8.12. The quantitative estimate of drug-likeness (QED) is 0.690. The van der Waals surface area contributed by atoms with Gasteiger partial charge in [0.15, 0.2) is 0 Å². The van der Waals surface area contributed by atoms with Crippen LogP contribution in [0.1, 0.15) is 35.6 Å². The van der Waals surface area contributed by atoms with Crippen LogP contribution in [-0.4, -0.2) is 29.0 Å². The number of carbonyl (C=O) groups excluding carboxylic acids is 1. The van der Waals surface area contributed by atoms with Crippen molar-refractivity contribution in [3.63, 3.8) is 0 Å². The van der Waals surface area contributed by atoms with Gasteiger partial charge in [-0.15, -0.1) is 0 Å². The molecule has 1 aliphatic heterocycles. The largest absolute Gasteiger partial charge is 0.443 e. The van der Waals surface area contributed by atoms with Crippen LogP contribution in [0.3, 0.4) is 0 Å². The summed E-state index contributed by atoms with van der Waals surface area (Å²) in [5.41, 5.74) is 2.72. The summed E-state index contributed by atoms with van der Waals surface area (Å²) in [6.07, 6.45) is 1.82. The van der Waals surface area contributed by atoms with E-state index < -0.39 is 0 Å². The third kappa shape index (κ3) is 4.08. The molecule has 1 saturated heterocycles. The summed E-state index contributed by atoms with van der Waals surface area (Å²) in [7, 11) is 0. The summed E-state index contributed by atoms with van der Waals surface area (Å²) >= 11 is 5.93. The van der Waals surface area contributed by atoms with E-state index in [-0.39, 0.29) is 11.8 Å². The van der Waals surface area contributed by atoms with Crippen LogP contribution in [0.25, 0.3) is 11.1 Å². The molecule has 1 aromatic carbocycles. The molecule has 152 valence electrons. The fraction of sp³-hybridized carbons (Fsp3) is 0.409. The first-order valence-corrected chi connectivity index (χ1v) is 10.3. The van der Waals surface area contributed by atoms with Gasteiger partial charge in [-0.05, 0) is 51.3 Å². The monoisotopic (exact) mass is 412 g/mol. The number of anilines is 1. The van der Waals surface area contributed by atoms with Gasteiger partial charge in [-0.3, -0.25) is 4.79 Å². The predicted octanol–water partition coefficient (Wildman–Crippen LogP) is 4.33. The number of aromatic nitrogens is 2. The molecule has 3 heterocycles. The molecule has 6 nitrogen and oxygen atoms in total. The number of carbonyl (C=O) groups is 1. The molecular weight excluding hydrogens is 388 g/mol. The van der Waals surface area contributed by atoms with E-state index in [0.717, 1.165) is 47.5 Å². The lowest BCUT2D eigenvalue weighted by molar-refractivity contribution is -0.125. The number of nitrogens with one attached hydrogen (secondary N) is 1. The van der Waals surface area contributed by atoms with E-state index in [9.17, 15) is 4.79 Å². The van der Waals surface area contributed by atoms with Crippen molar-refractivity contribution in [3.05, 3.63) is 52.0 Å². The van der Waals surface area contributed by atoms with Crippen LogP contribution >= 0.6 is 11.6 Å². The highest BCUT2D eigenvalue weighted by Gasteiger charge is 2.29. The molecule has 1 fully saturated rings. The number of nitrogens with zero attached hydrogens (tertiary/aromatic N) is 3. The number of aryl methyl sites for hydroxylation is 3. The Labute approximate surface area is 175 Å². The van der Waals surface area contributed by atoms with Gasteiger partial charge in [-0.25, -0.2) is 4.98 Å². The number of furan rings is 1. The van der Waals surface area contributed by atoms with E-state index in [1.54, 1.807) is 0 Å². The molecule has 1 atom stereocenters. The van der Waals surface area contributed by atoms with E-state index in [0.29, 0.717) is 29.7 Å². The molecule has 3 aromatic rings. The van der Waals surface area contributed by atoms with Crippen LogP contribution in [0, 0.1) is 26.7 Å². The summed E-state index contributed by atoms with van der Waals surface area (Å²) in [5, 5.41) is 4.71. The van der Waals surface area contributed by atoms with Gasteiger partial charge in [-0.2, -0.15) is 4.98 Å². The van der Waals surface area contributed by atoms with Gasteiger partial charge >= 0.3 is 0 Å². The maximum atomic E-state index is 12.8. The van der Waals surface area contributed by atoms with Crippen molar-refractivity contribution in [1.82, 2.24) is 15.3 Å². The molecule has 1 aliphatic rings. The lowest BCUT2D eigenvalue weighted by Crippen LogP contribution is -2.43. The standard InChI is InChI=1S/C22H25ClN4O2/c1-13-14(2)29-22-19(13)20(25-15(3)26-22)27-10-4-5-17(12-27)21(28)24-11-16-6-8-18(23)9-7-16/h6-9,17H,4-5,10-12H2,1-3H3,(H,24,28). The van der Waals surface area contributed by atoms with E-state index in [1.807, 2.05) is 45.0 Å². The number of amides is 1. The number of hydrogen-bond acceptors (Lipinski definition) is 5. The Hall–Kier alpha value is -2.60. The number of piperidine rings is 1. The molecule has 29 heavy (non-hydrogen) atoms. The van der Waals surface area contributed by atoms with Gasteiger partial charge in [0.1, 0.15) is 17.4 Å². The van der Waals surface area contributed by atoms with Crippen molar-refractivity contribution in [2.75, 3.05) is 18.0 Å². The van der Waals surface area contributed by atoms with Crippen molar-refractivity contribution in [2.24, 2.45) is 5.92 Å². The molecule has 0 saturated carbocycles. The van der Waals surface area contributed by atoms with Crippen molar-refractivity contribution in [3.8, 4) is 0 Å². The minimum atomic E-state index is -0.0744. The first-order chi connectivity index (χ1) is 13.9. The Balaban J connectivity index is 1.50. The highest BCUT2D eigenvalue weighted by Crippen LogP contribution is 2.33. The molecule has 1 amide bonds. The molecule has 0 aliphatic carbocycles. The Morgan fingerprint density at radius 2 is 2.00 bits per heavy atom. The van der Waals surface area contributed by atoms with Crippen molar-refractivity contribution in [2.45, 2.75) is 40.2 Å². The van der Waals surface area contributed by atoms with Crippen molar-refractivity contribution >= 4 is 34.4 Å². The summed E-state index contributed by atoms with van der Waals surface area (Å²) in [4.78, 5) is 24.2. The second kappa shape index (κ2) is 8.03. The Bertz CT molecular complexity index is 1050. The summed E-state index contributed by atoms with van der Waals surface area (Å²) < 4.78 is 5.81. The molecule has 0 radical (unpaired) electrons. The highest BCUT2D eigenvalue weighted by molar-refractivity contribution is 6.30. The van der Waals surface area contributed by atoms with Crippen molar-refractivity contribution in [1.29, 1.82) is 0 Å². The normalized spacial score (nSPS) is 17.0. The van der Waals surface area contributed by atoms with Crippen LogP contribution in [0.5, 0.6) is 0 Å². The average Bonchev–Trinajstić information content (AvgIpc) is 3.00.